The number of carbonyl (C=O) groups excluding carboxylic acids is 2. The zero-order valence-corrected chi connectivity index (χ0v) is 36.5. The highest BCUT2D eigenvalue weighted by molar-refractivity contribution is 5.69. The molecule has 0 aromatic carbocycles. The van der Waals surface area contributed by atoms with Crippen molar-refractivity contribution >= 4 is 11.9 Å². The molecule has 0 saturated heterocycles. The summed E-state index contributed by atoms with van der Waals surface area (Å²) in [4.78, 5) is 27.1. The summed E-state index contributed by atoms with van der Waals surface area (Å²) in [6.07, 6.45) is 39.4. The first-order valence-electron chi connectivity index (χ1n) is 23.3. The molecule has 0 aliphatic rings. The molecule has 8 heteroatoms. The van der Waals surface area contributed by atoms with Crippen LogP contribution in [0.1, 0.15) is 207 Å². The van der Waals surface area contributed by atoms with Gasteiger partial charge in [0.05, 0.1) is 19.6 Å². The Morgan fingerprint density at radius 3 is 1.44 bits per heavy atom. The van der Waals surface area contributed by atoms with Crippen molar-refractivity contribution in [2.24, 2.45) is 5.73 Å². The maximum atomic E-state index is 12.5. The topological polar surface area (TPSA) is 100 Å². The van der Waals surface area contributed by atoms with E-state index in [1.165, 1.54) is 70.6 Å². The summed E-state index contributed by atoms with van der Waals surface area (Å²) in [7, 11) is 0. The van der Waals surface area contributed by atoms with E-state index < -0.39 is 0 Å². The molecule has 0 unspecified atom stereocenters. The van der Waals surface area contributed by atoms with Crippen molar-refractivity contribution in [1.29, 1.82) is 0 Å². The lowest BCUT2D eigenvalue weighted by molar-refractivity contribution is -0.159. The van der Waals surface area contributed by atoms with Crippen molar-refractivity contribution in [3.05, 3.63) is 24.3 Å². The molecule has 0 aromatic heterocycles. The van der Waals surface area contributed by atoms with Gasteiger partial charge in [-0.25, -0.2) is 0 Å². The van der Waals surface area contributed by atoms with Gasteiger partial charge < -0.3 is 29.6 Å². The number of hydrogen-bond donors (Lipinski definition) is 1. The van der Waals surface area contributed by atoms with E-state index in [9.17, 15) is 9.59 Å². The van der Waals surface area contributed by atoms with Gasteiger partial charge in [0.15, 0.2) is 6.29 Å². The normalized spacial score (nSPS) is 11.9. The molecule has 0 radical (unpaired) electrons. The molecule has 0 atom stereocenters. The summed E-state index contributed by atoms with van der Waals surface area (Å²) in [5.41, 5.74) is 5.82. The maximum Gasteiger partial charge on any atom is 0.305 e. The Hall–Kier alpha value is -1.74. The Kier molecular flexibility index (Phi) is 43.5. The molecule has 0 saturated carbocycles. The first kappa shape index (κ1) is 53.3. The van der Waals surface area contributed by atoms with Gasteiger partial charge in [-0.3, -0.25) is 9.59 Å². The van der Waals surface area contributed by atoms with Crippen LogP contribution in [0.5, 0.6) is 0 Å². The summed E-state index contributed by atoms with van der Waals surface area (Å²) in [5, 5.41) is 0. The van der Waals surface area contributed by atoms with Gasteiger partial charge in [-0.2, -0.15) is 0 Å². The van der Waals surface area contributed by atoms with Crippen LogP contribution in [-0.2, 0) is 28.5 Å². The number of carbonyl (C=O) groups is 2. The van der Waals surface area contributed by atoms with E-state index in [1.54, 1.807) is 0 Å². The predicted molar refractivity (Wildman–Crippen MR) is 232 cm³/mol. The number of unbranched alkanes of at least 4 members (excludes halogenated alkanes) is 18. The standard InChI is InChI=1S/C47H90N2O6/c1-4-7-10-13-16-24-29-41-52-45(50)34-26-19-17-20-27-38-49(40-33-37-48)39-28-21-18-25-30-42-53-46(51)35-36-47(54-43-31-22-14-11-8-5-2)55-44-32-23-15-12-9-6-3/h8-9,11-12,47H,4-7,10,13-44,48H2,1-3H3/b11-8-,12-9-. The second kappa shape index (κ2) is 45.0. The minimum absolute atomic E-state index is 0.0231. The van der Waals surface area contributed by atoms with Gasteiger partial charge in [0.2, 0.25) is 0 Å². The lowest BCUT2D eigenvalue weighted by atomic mass is 10.1. The van der Waals surface area contributed by atoms with Crippen LogP contribution in [0.15, 0.2) is 24.3 Å². The third kappa shape index (κ3) is 41.7. The molecular formula is C47H90N2O6. The maximum absolute atomic E-state index is 12.5. The number of nitrogens with zero attached hydrogens (tertiary/aromatic N) is 1. The van der Waals surface area contributed by atoms with Crippen LogP contribution < -0.4 is 5.73 Å². The van der Waals surface area contributed by atoms with Crippen molar-refractivity contribution in [2.45, 2.75) is 213 Å². The molecule has 0 heterocycles. The molecule has 0 rings (SSSR count). The summed E-state index contributed by atoms with van der Waals surface area (Å²) >= 11 is 0. The SMILES string of the molecule is CC/C=C\CCCCOC(CCC(=O)OCCCCCCCN(CCCN)CCCCCCCC(=O)OCCCCCCCCC)OCCCC/C=C\CC. The molecule has 0 aliphatic heterocycles. The van der Waals surface area contributed by atoms with E-state index in [0.29, 0.717) is 45.7 Å². The van der Waals surface area contributed by atoms with Crippen LogP contribution in [0.25, 0.3) is 0 Å². The van der Waals surface area contributed by atoms with Gasteiger partial charge in [-0.05, 0) is 116 Å². The smallest absolute Gasteiger partial charge is 0.305 e. The number of allylic oxidation sites excluding steroid dienone is 4. The lowest BCUT2D eigenvalue weighted by Crippen LogP contribution is -2.28. The van der Waals surface area contributed by atoms with Crippen LogP contribution in [0, 0.1) is 0 Å². The Balaban J connectivity index is 4.03. The van der Waals surface area contributed by atoms with Crippen LogP contribution in [0.3, 0.4) is 0 Å². The number of hydrogen-bond acceptors (Lipinski definition) is 8. The van der Waals surface area contributed by atoms with Crippen molar-refractivity contribution in [3.8, 4) is 0 Å². The molecule has 0 spiro atoms. The number of rotatable bonds is 44. The van der Waals surface area contributed by atoms with E-state index in [1.807, 2.05) is 0 Å². The van der Waals surface area contributed by atoms with Crippen molar-refractivity contribution < 1.29 is 28.5 Å². The summed E-state index contributed by atoms with van der Waals surface area (Å²) < 4.78 is 23.1. The van der Waals surface area contributed by atoms with E-state index in [0.717, 1.165) is 122 Å². The third-order valence-electron chi connectivity index (χ3n) is 9.95. The first-order valence-corrected chi connectivity index (χ1v) is 23.3. The Labute approximate surface area is 340 Å². The number of ether oxygens (including phenoxy) is 4. The summed E-state index contributed by atoms with van der Waals surface area (Å²) in [5.74, 6) is -0.177. The third-order valence-corrected chi connectivity index (χ3v) is 9.95. The second-order valence-corrected chi connectivity index (χ2v) is 15.3. The lowest BCUT2D eigenvalue weighted by Gasteiger charge is -2.22. The fourth-order valence-corrected chi connectivity index (χ4v) is 6.51. The fraction of sp³-hybridized carbons (Fsp3) is 0.872. The fourth-order valence-electron chi connectivity index (χ4n) is 6.51. The summed E-state index contributed by atoms with van der Waals surface area (Å²) in [6, 6.07) is 0. The first-order chi connectivity index (χ1) is 27.1. The molecule has 0 aromatic rings. The molecule has 0 fully saturated rings. The summed E-state index contributed by atoms with van der Waals surface area (Å²) in [6.45, 7) is 13.0. The van der Waals surface area contributed by atoms with Gasteiger partial charge in [-0.1, -0.05) is 122 Å². The monoisotopic (exact) mass is 779 g/mol. The van der Waals surface area contributed by atoms with E-state index in [2.05, 4.69) is 50.0 Å². The van der Waals surface area contributed by atoms with Crippen LogP contribution >= 0.6 is 0 Å². The van der Waals surface area contributed by atoms with Gasteiger partial charge in [0, 0.05) is 26.1 Å². The minimum Gasteiger partial charge on any atom is -0.466 e. The Morgan fingerprint density at radius 2 is 0.927 bits per heavy atom. The Bertz CT molecular complexity index is 842. The molecule has 55 heavy (non-hydrogen) atoms. The van der Waals surface area contributed by atoms with E-state index >= 15 is 0 Å². The van der Waals surface area contributed by atoms with Gasteiger partial charge in [0.25, 0.3) is 0 Å². The average molecular weight is 779 g/mol. The predicted octanol–water partition coefficient (Wildman–Crippen LogP) is 12.2. The van der Waals surface area contributed by atoms with Crippen molar-refractivity contribution in [1.82, 2.24) is 4.90 Å². The minimum atomic E-state index is -0.346. The molecule has 0 aliphatic carbocycles. The quantitative estimate of drug-likeness (QED) is 0.0282. The zero-order chi connectivity index (χ0) is 40.1. The second-order valence-electron chi connectivity index (χ2n) is 15.3. The van der Waals surface area contributed by atoms with Crippen molar-refractivity contribution in [2.75, 3.05) is 52.6 Å². The molecule has 324 valence electrons. The van der Waals surface area contributed by atoms with Gasteiger partial charge in [-0.15, -0.1) is 0 Å². The number of esters is 2. The molecule has 0 amide bonds. The molecule has 0 bridgehead atoms. The Morgan fingerprint density at radius 1 is 0.491 bits per heavy atom. The van der Waals surface area contributed by atoms with E-state index in [4.69, 9.17) is 24.7 Å². The highest BCUT2D eigenvalue weighted by Gasteiger charge is 2.13. The largest absolute Gasteiger partial charge is 0.466 e. The molecular weight excluding hydrogens is 689 g/mol. The van der Waals surface area contributed by atoms with Crippen LogP contribution in [0.4, 0.5) is 0 Å². The average Bonchev–Trinajstić information content (AvgIpc) is 3.19. The molecule has 2 N–H and O–H groups in total. The highest BCUT2D eigenvalue weighted by Crippen LogP contribution is 2.13. The van der Waals surface area contributed by atoms with Gasteiger partial charge in [0.1, 0.15) is 0 Å². The van der Waals surface area contributed by atoms with Crippen LogP contribution in [-0.4, -0.2) is 75.7 Å². The number of nitrogens with two attached hydrogens (primary N) is 1. The zero-order valence-electron chi connectivity index (χ0n) is 36.5. The van der Waals surface area contributed by atoms with Crippen molar-refractivity contribution in [3.63, 3.8) is 0 Å². The highest BCUT2D eigenvalue weighted by atomic mass is 16.7. The molecule has 8 nitrogen and oxygen atoms in total. The van der Waals surface area contributed by atoms with Crippen LogP contribution in [0.2, 0.25) is 0 Å². The van der Waals surface area contributed by atoms with E-state index in [-0.39, 0.29) is 18.2 Å². The van der Waals surface area contributed by atoms with Gasteiger partial charge >= 0.3 is 11.9 Å².